The van der Waals surface area contributed by atoms with Crippen molar-refractivity contribution in [1.82, 2.24) is 5.32 Å². The van der Waals surface area contributed by atoms with Gasteiger partial charge in [0.2, 0.25) is 0 Å². The highest BCUT2D eigenvalue weighted by Gasteiger charge is 2.20. The van der Waals surface area contributed by atoms with E-state index in [1.54, 1.807) is 17.4 Å². The van der Waals surface area contributed by atoms with E-state index in [9.17, 15) is 4.39 Å². The van der Waals surface area contributed by atoms with Gasteiger partial charge in [0.25, 0.3) is 0 Å². The van der Waals surface area contributed by atoms with Crippen LogP contribution in [0.15, 0.2) is 38.6 Å². The first-order chi connectivity index (χ1) is 9.63. The molecule has 5 heteroatoms. The van der Waals surface area contributed by atoms with E-state index >= 15 is 0 Å². The first-order valence-electron chi connectivity index (χ1n) is 6.52. The standard InChI is InChI=1S/C15H16Br2FNS/c1-2-7-19-13(9-14-10(16)6-8-20-14)15-11(17)4-3-5-12(15)18/h3-6,8,13,19H,2,7,9H2,1H3. The van der Waals surface area contributed by atoms with E-state index in [0.29, 0.717) is 5.56 Å². The van der Waals surface area contributed by atoms with Crippen LogP contribution in [-0.4, -0.2) is 6.54 Å². The van der Waals surface area contributed by atoms with Crippen LogP contribution < -0.4 is 5.32 Å². The Hall–Kier alpha value is -0.230. The minimum atomic E-state index is -0.166. The predicted octanol–water partition coefficient (Wildman–Crippen LogP) is 5.70. The molecule has 0 aliphatic carbocycles. The summed E-state index contributed by atoms with van der Waals surface area (Å²) in [7, 11) is 0. The molecule has 0 saturated heterocycles. The molecule has 1 unspecified atom stereocenters. The van der Waals surface area contributed by atoms with Crippen LogP contribution >= 0.6 is 43.2 Å². The Bertz CT molecular complexity index is 551. The molecule has 0 saturated carbocycles. The van der Waals surface area contributed by atoms with Crippen molar-refractivity contribution in [3.63, 3.8) is 0 Å². The third kappa shape index (κ3) is 3.91. The number of hydrogen-bond donors (Lipinski definition) is 1. The Morgan fingerprint density at radius 1 is 1.25 bits per heavy atom. The molecule has 0 fully saturated rings. The number of benzene rings is 1. The summed E-state index contributed by atoms with van der Waals surface area (Å²) in [4.78, 5) is 1.23. The molecule has 1 atom stereocenters. The maximum absolute atomic E-state index is 14.2. The number of halogens is 3. The first kappa shape index (κ1) is 16.1. The molecule has 108 valence electrons. The molecule has 0 aliphatic heterocycles. The lowest BCUT2D eigenvalue weighted by molar-refractivity contribution is 0.497. The van der Waals surface area contributed by atoms with Crippen molar-refractivity contribution < 1.29 is 4.39 Å². The third-order valence-electron chi connectivity index (χ3n) is 3.07. The second-order valence-electron chi connectivity index (χ2n) is 4.54. The Morgan fingerprint density at radius 2 is 2.05 bits per heavy atom. The number of hydrogen-bond acceptors (Lipinski definition) is 2. The minimum Gasteiger partial charge on any atom is -0.309 e. The van der Waals surface area contributed by atoms with Crippen LogP contribution in [0, 0.1) is 5.82 Å². The predicted molar refractivity (Wildman–Crippen MR) is 90.9 cm³/mol. The monoisotopic (exact) mass is 419 g/mol. The molecular formula is C15H16Br2FNS. The lowest BCUT2D eigenvalue weighted by atomic mass is 10.0. The summed E-state index contributed by atoms with van der Waals surface area (Å²) in [6.45, 7) is 2.98. The van der Waals surface area contributed by atoms with Crippen LogP contribution in [-0.2, 0) is 6.42 Å². The molecule has 0 amide bonds. The Morgan fingerprint density at radius 3 is 2.65 bits per heavy atom. The van der Waals surface area contributed by atoms with Crippen LogP contribution in [0.1, 0.15) is 29.8 Å². The average molecular weight is 421 g/mol. The Balaban J connectivity index is 2.30. The largest absolute Gasteiger partial charge is 0.309 e. The highest BCUT2D eigenvalue weighted by Crippen LogP contribution is 2.32. The smallest absolute Gasteiger partial charge is 0.129 e. The molecule has 20 heavy (non-hydrogen) atoms. The van der Waals surface area contributed by atoms with Crippen LogP contribution in [0.2, 0.25) is 0 Å². The second-order valence-corrected chi connectivity index (χ2v) is 7.25. The molecule has 0 bridgehead atoms. The fourth-order valence-corrected chi connectivity index (χ4v) is 4.27. The minimum absolute atomic E-state index is 0.0273. The average Bonchev–Trinajstić information content (AvgIpc) is 2.81. The van der Waals surface area contributed by atoms with Gasteiger partial charge < -0.3 is 5.32 Å². The van der Waals surface area contributed by atoms with Gasteiger partial charge in [-0.05, 0) is 52.5 Å². The highest BCUT2D eigenvalue weighted by molar-refractivity contribution is 9.10. The maximum Gasteiger partial charge on any atom is 0.129 e. The van der Waals surface area contributed by atoms with E-state index in [1.807, 2.05) is 17.5 Å². The van der Waals surface area contributed by atoms with E-state index < -0.39 is 0 Å². The van der Waals surface area contributed by atoms with E-state index in [4.69, 9.17) is 0 Å². The molecule has 0 aliphatic rings. The molecule has 1 nitrogen and oxygen atoms in total. The zero-order valence-electron chi connectivity index (χ0n) is 11.1. The van der Waals surface area contributed by atoms with E-state index in [-0.39, 0.29) is 11.9 Å². The lowest BCUT2D eigenvalue weighted by Crippen LogP contribution is -2.25. The second kappa shape index (κ2) is 7.69. The van der Waals surface area contributed by atoms with Gasteiger partial charge in [-0.15, -0.1) is 11.3 Å². The van der Waals surface area contributed by atoms with Crippen molar-refractivity contribution in [2.24, 2.45) is 0 Å². The molecule has 2 aromatic rings. The van der Waals surface area contributed by atoms with Crippen molar-refractivity contribution in [2.75, 3.05) is 6.54 Å². The SMILES string of the molecule is CCCNC(Cc1sccc1Br)c1c(F)cccc1Br. The molecule has 1 N–H and O–H groups in total. The summed E-state index contributed by atoms with van der Waals surface area (Å²) in [5.41, 5.74) is 0.709. The zero-order chi connectivity index (χ0) is 14.5. The molecule has 1 aromatic heterocycles. The maximum atomic E-state index is 14.2. The lowest BCUT2D eigenvalue weighted by Gasteiger charge is -2.20. The van der Waals surface area contributed by atoms with Crippen molar-refractivity contribution >= 4 is 43.2 Å². The van der Waals surface area contributed by atoms with Gasteiger partial charge in [-0.3, -0.25) is 0 Å². The van der Waals surface area contributed by atoms with E-state index in [2.05, 4.69) is 44.1 Å². The summed E-state index contributed by atoms with van der Waals surface area (Å²) in [6, 6.07) is 7.14. The van der Waals surface area contributed by atoms with Crippen LogP contribution in [0.25, 0.3) is 0 Å². The van der Waals surface area contributed by atoms with Gasteiger partial charge >= 0.3 is 0 Å². The van der Waals surface area contributed by atoms with Gasteiger partial charge in [0.05, 0.1) is 0 Å². The fraction of sp³-hybridized carbons (Fsp3) is 0.333. The Kier molecular flexibility index (Phi) is 6.20. The van der Waals surface area contributed by atoms with Gasteiger partial charge in [-0.25, -0.2) is 4.39 Å². The van der Waals surface area contributed by atoms with Crippen LogP contribution in [0.3, 0.4) is 0 Å². The van der Waals surface area contributed by atoms with Gasteiger partial charge in [0.1, 0.15) is 5.82 Å². The third-order valence-corrected chi connectivity index (χ3v) is 5.71. The highest BCUT2D eigenvalue weighted by atomic mass is 79.9. The van der Waals surface area contributed by atoms with Crippen molar-refractivity contribution in [1.29, 1.82) is 0 Å². The summed E-state index contributed by atoms with van der Waals surface area (Å²) in [5.74, 6) is -0.166. The summed E-state index contributed by atoms with van der Waals surface area (Å²) >= 11 is 8.72. The van der Waals surface area contributed by atoms with E-state index in [0.717, 1.165) is 28.3 Å². The molecule has 0 spiro atoms. The van der Waals surface area contributed by atoms with Crippen molar-refractivity contribution in [3.8, 4) is 0 Å². The molecule has 1 heterocycles. The first-order valence-corrected chi connectivity index (χ1v) is 8.99. The topological polar surface area (TPSA) is 12.0 Å². The van der Waals surface area contributed by atoms with Gasteiger partial charge in [0, 0.05) is 31.8 Å². The number of nitrogens with one attached hydrogen (secondary N) is 1. The molecule has 2 rings (SSSR count). The molecule has 1 aromatic carbocycles. The van der Waals surface area contributed by atoms with Crippen LogP contribution in [0.4, 0.5) is 4.39 Å². The van der Waals surface area contributed by atoms with Gasteiger partial charge in [-0.1, -0.05) is 28.9 Å². The summed E-state index contributed by atoms with van der Waals surface area (Å²) in [6.07, 6.45) is 1.80. The van der Waals surface area contributed by atoms with Crippen LogP contribution in [0.5, 0.6) is 0 Å². The van der Waals surface area contributed by atoms with E-state index in [1.165, 1.54) is 10.9 Å². The van der Waals surface area contributed by atoms with Gasteiger partial charge in [0.15, 0.2) is 0 Å². The molecular weight excluding hydrogens is 405 g/mol. The quantitative estimate of drug-likeness (QED) is 0.632. The number of thiophene rings is 1. The van der Waals surface area contributed by atoms with Crippen molar-refractivity contribution in [3.05, 3.63) is 54.8 Å². The summed E-state index contributed by atoms with van der Waals surface area (Å²) < 4.78 is 16.1. The normalized spacial score (nSPS) is 12.6. The fourth-order valence-electron chi connectivity index (χ4n) is 2.09. The zero-order valence-corrected chi connectivity index (χ0v) is 15.1. The summed E-state index contributed by atoms with van der Waals surface area (Å²) in [5, 5.41) is 5.50. The van der Waals surface area contributed by atoms with Crippen molar-refractivity contribution in [2.45, 2.75) is 25.8 Å². The Labute approximate surface area is 139 Å². The number of rotatable bonds is 6. The van der Waals surface area contributed by atoms with Gasteiger partial charge in [-0.2, -0.15) is 0 Å². The molecule has 0 radical (unpaired) electrons.